The lowest BCUT2D eigenvalue weighted by atomic mass is 9.82. The zero-order valence-electron chi connectivity index (χ0n) is 10.5. The van der Waals surface area contributed by atoms with Gasteiger partial charge in [0.05, 0.1) is 17.2 Å². The van der Waals surface area contributed by atoms with Gasteiger partial charge in [0.25, 0.3) is 5.91 Å². The van der Waals surface area contributed by atoms with Crippen molar-refractivity contribution < 1.29 is 9.90 Å². The highest BCUT2D eigenvalue weighted by molar-refractivity contribution is 6.05. The quantitative estimate of drug-likeness (QED) is 0.879. The first-order valence-corrected chi connectivity index (χ1v) is 6.54. The zero-order chi connectivity index (χ0) is 13.2. The van der Waals surface area contributed by atoms with Crippen LogP contribution in [0.25, 0.3) is 10.9 Å². The van der Waals surface area contributed by atoms with E-state index in [1.165, 1.54) is 0 Å². The largest absolute Gasteiger partial charge is 0.393 e. The molecule has 1 fully saturated rings. The number of aliphatic hydroxyl groups is 1. The average Bonchev–Trinajstić information content (AvgIpc) is 2.41. The van der Waals surface area contributed by atoms with Crippen LogP contribution >= 0.6 is 0 Å². The highest BCUT2D eigenvalue weighted by atomic mass is 16.3. The maximum Gasteiger partial charge on any atom is 0.253 e. The Kier molecular flexibility index (Phi) is 3.17. The Hall–Kier alpha value is -1.94. The molecule has 19 heavy (non-hydrogen) atoms. The second-order valence-corrected chi connectivity index (χ2v) is 5.08. The fourth-order valence-electron chi connectivity index (χ4n) is 2.49. The second kappa shape index (κ2) is 4.97. The third-order valence-electron chi connectivity index (χ3n) is 3.64. The Bertz CT molecular complexity index is 601. The second-order valence-electron chi connectivity index (χ2n) is 5.08. The van der Waals surface area contributed by atoms with E-state index in [0.29, 0.717) is 18.0 Å². The molecule has 1 amide bonds. The highest BCUT2D eigenvalue weighted by Crippen LogP contribution is 2.26. The molecule has 0 atom stereocenters. The topological polar surface area (TPSA) is 62.2 Å². The zero-order valence-corrected chi connectivity index (χ0v) is 10.5. The number of nitrogens with one attached hydrogen (secondary N) is 1. The summed E-state index contributed by atoms with van der Waals surface area (Å²) in [5.41, 5.74) is 1.34. The Morgan fingerprint density at radius 3 is 2.89 bits per heavy atom. The van der Waals surface area contributed by atoms with Gasteiger partial charge in [-0.3, -0.25) is 9.78 Å². The van der Waals surface area contributed by atoms with Gasteiger partial charge in [-0.1, -0.05) is 18.2 Å². The molecule has 4 nitrogen and oxygen atoms in total. The van der Waals surface area contributed by atoms with Crippen molar-refractivity contribution in [3.05, 3.63) is 42.1 Å². The van der Waals surface area contributed by atoms with Crippen LogP contribution in [0.4, 0.5) is 0 Å². The van der Waals surface area contributed by atoms with Crippen LogP contribution in [0.3, 0.4) is 0 Å². The normalized spacial score (nSPS) is 21.9. The van der Waals surface area contributed by atoms with Crippen LogP contribution in [0.2, 0.25) is 0 Å². The molecule has 0 unspecified atom stereocenters. The molecule has 1 aliphatic carbocycles. The van der Waals surface area contributed by atoms with Crippen LogP contribution in [0.5, 0.6) is 0 Å². The van der Waals surface area contributed by atoms with Gasteiger partial charge in [0.2, 0.25) is 0 Å². The Labute approximate surface area is 111 Å². The molecule has 0 aliphatic heterocycles. The molecule has 2 aromatic rings. The van der Waals surface area contributed by atoms with Crippen molar-refractivity contribution in [1.82, 2.24) is 10.3 Å². The van der Waals surface area contributed by atoms with E-state index < -0.39 is 0 Å². The van der Waals surface area contributed by atoms with Crippen LogP contribution < -0.4 is 5.32 Å². The number of hydrogen-bond donors (Lipinski definition) is 2. The molecule has 0 radical (unpaired) electrons. The van der Waals surface area contributed by atoms with Crippen LogP contribution in [-0.4, -0.2) is 28.6 Å². The van der Waals surface area contributed by atoms with Gasteiger partial charge in [-0.05, 0) is 30.9 Å². The first-order valence-electron chi connectivity index (χ1n) is 6.54. The number of pyridine rings is 1. The van der Waals surface area contributed by atoms with Crippen LogP contribution in [0, 0.1) is 5.92 Å². The molecule has 1 saturated carbocycles. The molecular formula is C15H16N2O2. The van der Waals surface area contributed by atoms with Crippen LogP contribution in [0.1, 0.15) is 23.2 Å². The summed E-state index contributed by atoms with van der Waals surface area (Å²) in [6.45, 7) is 0.624. The van der Waals surface area contributed by atoms with Gasteiger partial charge in [-0.2, -0.15) is 0 Å². The fourth-order valence-corrected chi connectivity index (χ4v) is 2.49. The van der Waals surface area contributed by atoms with Crippen LogP contribution in [0.15, 0.2) is 36.5 Å². The van der Waals surface area contributed by atoms with E-state index in [9.17, 15) is 9.90 Å². The third-order valence-corrected chi connectivity index (χ3v) is 3.64. The summed E-state index contributed by atoms with van der Waals surface area (Å²) < 4.78 is 0. The Morgan fingerprint density at radius 2 is 2.11 bits per heavy atom. The lowest BCUT2D eigenvalue weighted by Crippen LogP contribution is -2.38. The SMILES string of the molecule is O=C(NCC1CC(O)C1)c1cccc2cccnc12. The molecule has 1 aliphatic rings. The van der Waals surface area contributed by atoms with Crippen molar-refractivity contribution in [3.8, 4) is 0 Å². The minimum atomic E-state index is -0.180. The number of benzene rings is 1. The van der Waals surface area contributed by atoms with E-state index in [2.05, 4.69) is 10.3 Å². The highest BCUT2D eigenvalue weighted by Gasteiger charge is 2.27. The lowest BCUT2D eigenvalue weighted by molar-refractivity contribution is 0.0420. The van der Waals surface area contributed by atoms with Gasteiger partial charge in [-0.25, -0.2) is 0 Å². The van der Waals surface area contributed by atoms with Gasteiger partial charge in [0.1, 0.15) is 0 Å². The molecule has 0 bridgehead atoms. The molecular weight excluding hydrogens is 240 g/mol. The summed E-state index contributed by atoms with van der Waals surface area (Å²) in [5.74, 6) is 0.313. The minimum absolute atomic E-state index is 0.0920. The van der Waals surface area contributed by atoms with Crippen molar-refractivity contribution in [2.75, 3.05) is 6.54 Å². The van der Waals surface area contributed by atoms with E-state index in [1.807, 2.05) is 24.3 Å². The number of rotatable bonds is 3. The predicted molar refractivity (Wildman–Crippen MR) is 72.8 cm³/mol. The molecule has 98 valence electrons. The molecule has 0 saturated heterocycles. The molecule has 1 aromatic carbocycles. The van der Waals surface area contributed by atoms with E-state index >= 15 is 0 Å². The number of aliphatic hydroxyl groups excluding tert-OH is 1. The minimum Gasteiger partial charge on any atom is -0.393 e. The average molecular weight is 256 g/mol. The van der Waals surface area contributed by atoms with Gasteiger partial charge in [0.15, 0.2) is 0 Å². The van der Waals surface area contributed by atoms with Crippen molar-refractivity contribution in [1.29, 1.82) is 0 Å². The molecule has 0 spiro atoms. The maximum atomic E-state index is 12.2. The van der Waals surface area contributed by atoms with Crippen LogP contribution in [-0.2, 0) is 0 Å². The summed E-state index contributed by atoms with van der Waals surface area (Å²) in [6.07, 6.45) is 3.09. The van der Waals surface area contributed by atoms with Gasteiger partial charge < -0.3 is 10.4 Å². The number of fused-ring (bicyclic) bond motifs is 1. The van der Waals surface area contributed by atoms with Crippen molar-refractivity contribution in [3.63, 3.8) is 0 Å². The smallest absolute Gasteiger partial charge is 0.253 e. The van der Waals surface area contributed by atoms with Gasteiger partial charge in [0, 0.05) is 18.1 Å². The number of hydrogen-bond acceptors (Lipinski definition) is 3. The molecule has 3 rings (SSSR count). The number of amides is 1. The summed E-state index contributed by atoms with van der Waals surface area (Å²) in [5, 5.41) is 13.1. The fraction of sp³-hybridized carbons (Fsp3) is 0.333. The van der Waals surface area contributed by atoms with Gasteiger partial charge in [-0.15, -0.1) is 0 Å². The number of aromatic nitrogens is 1. The van der Waals surface area contributed by atoms with E-state index in [0.717, 1.165) is 23.7 Å². The number of para-hydroxylation sites is 1. The first kappa shape index (κ1) is 12.1. The number of carbonyl (C=O) groups is 1. The first-order chi connectivity index (χ1) is 9.24. The predicted octanol–water partition coefficient (Wildman–Crippen LogP) is 1.74. The third kappa shape index (κ3) is 2.44. The molecule has 1 aromatic heterocycles. The monoisotopic (exact) mass is 256 g/mol. The Morgan fingerprint density at radius 1 is 1.32 bits per heavy atom. The number of nitrogens with zero attached hydrogens (tertiary/aromatic N) is 1. The Balaban J connectivity index is 1.74. The van der Waals surface area contributed by atoms with E-state index in [-0.39, 0.29) is 12.0 Å². The van der Waals surface area contributed by atoms with Crippen molar-refractivity contribution in [2.24, 2.45) is 5.92 Å². The van der Waals surface area contributed by atoms with Crippen molar-refractivity contribution >= 4 is 16.8 Å². The summed E-state index contributed by atoms with van der Waals surface area (Å²) in [4.78, 5) is 16.4. The lowest BCUT2D eigenvalue weighted by Gasteiger charge is -2.31. The molecule has 4 heteroatoms. The van der Waals surface area contributed by atoms with Gasteiger partial charge >= 0.3 is 0 Å². The molecule has 1 heterocycles. The number of carbonyl (C=O) groups excluding carboxylic acids is 1. The maximum absolute atomic E-state index is 12.2. The van der Waals surface area contributed by atoms with E-state index in [1.54, 1.807) is 12.3 Å². The van der Waals surface area contributed by atoms with Crippen molar-refractivity contribution in [2.45, 2.75) is 18.9 Å². The standard InChI is InChI=1S/C15H16N2O2/c18-12-7-10(8-12)9-17-15(19)13-5-1-3-11-4-2-6-16-14(11)13/h1-6,10,12,18H,7-9H2,(H,17,19). The summed E-state index contributed by atoms with van der Waals surface area (Å²) in [7, 11) is 0. The molecule has 2 N–H and O–H groups in total. The summed E-state index contributed by atoms with van der Waals surface area (Å²) >= 11 is 0. The van der Waals surface area contributed by atoms with E-state index in [4.69, 9.17) is 0 Å². The summed E-state index contributed by atoms with van der Waals surface area (Å²) in [6, 6.07) is 9.41.